The average molecular weight is 307 g/mol. The fourth-order valence-corrected chi connectivity index (χ4v) is 2.96. The standard InChI is InChI=1S/C16H23ClN4/c1-6-18-14(15-11(3)7-10(2)9-19-15)8-13-12(4)20-21(5)16(13)17/h7,9,14,18H,6,8H2,1-5H3. The zero-order chi connectivity index (χ0) is 15.6. The predicted octanol–water partition coefficient (Wildman–Crippen LogP) is 3.29. The highest BCUT2D eigenvalue weighted by atomic mass is 35.5. The highest BCUT2D eigenvalue weighted by Crippen LogP contribution is 2.26. The number of hydrogen-bond donors (Lipinski definition) is 1. The summed E-state index contributed by atoms with van der Waals surface area (Å²) in [4.78, 5) is 4.63. The summed E-state index contributed by atoms with van der Waals surface area (Å²) >= 11 is 6.36. The van der Waals surface area contributed by atoms with E-state index in [1.807, 2.05) is 20.2 Å². The molecule has 0 bridgehead atoms. The molecule has 2 rings (SSSR count). The van der Waals surface area contributed by atoms with Crippen molar-refractivity contribution in [3.63, 3.8) is 0 Å². The number of hydrogen-bond acceptors (Lipinski definition) is 3. The molecule has 0 aliphatic heterocycles. The van der Waals surface area contributed by atoms with Gasteiger partial charge < -0.3 is 5.32 Å². The van der Waals surface area contributed by atoms with Crippen LogP contribution in [0.3, 0.4) is 0 Å². The third-order valence-corrected chi connectivity index (χ3v) is 4.19. The van der Waals surface area contributed by atoms with E-state index in [-0.39, 0.29) is 6.04 Å². The molecule has 0 radical (unpaired) electrons. The minimum atomic E-state index is 0.149. The lowest BCUT2D eigenvalue weighted by molar-refractivity contribution is 0.532. The fraction of sp³-hybridized carbons (Fsp3) is 0.500. The van der Waals surface area contributed by atoms with Gasteiger partial charge in [-0.05, 0) is 44.9 Å². The van der Waals surface area contributed by atoms with E-state index >= 15 is 0 Å². The van der Waals surface area contributed by atoms with Gasteiger partial charge in [-0.25, -0.2) is 0 Å². The molecule has 0 saturated heterocycles. The number of rotatable bonds is 5. The van der Waals surface area contributed by atoms with Gasteiger partial charge in [0.25, 0.3) is 0 Å². The molecule has 2 aromatic rings. The van der Waals surface area contributed by atoms with Crippen LogP contribution in [0.1, 0.15) is 41.0 Å². The van der Waals surface area contributed by atoms with Gasteiger partial charge in [0.05, 0.1) is 17.4 Å². The van der Waals surface area contributed by atoms with Gasteiger partial charge >= 0.3 is 0 Å². The minimum Gasteiger partial charge on any atom is -0.309 e. The first-order valence-corrected chi connectivity index (χ1v) is 7.66. The number of nitrogens with zero attached hydrogens (tertiary/aromatic N) is 3. The van der Waals surface area contributed by atoms with Crippen molar-refractivity contribution >= 4 is 11.6 Å². The van der Waals surface area contributed by atoms with Gasteiger partial charge in [-0.15, -0.1) is 0 Å². The van der Waals surface area contributed by atoms with Crippen molar-refractivity contribution in [3.05, 3.63) is 45.5 Å². The first-order chi connectivity index (χ1) is 9.93. The molecule has 2 heterocycles. The normalized spacial score (nSPS) is 12.7. The molecule has 0 aromatic carbocycles. The molecule has 1 atom stereocenters. The lowest BCUT2D eigenvalue weighted by atomic mass is 9.99. The molecule has 0 spiro atoms. The summed E-state index contributed by atoms with van der Waals surface area (Å²) < 4.78 is 1.73. The van der Waals surface area contributed by atoms with E-state index in [1.54, 1.807) is 4.68 Å². The van der Waals surface area contributed by atoms with Crippen LogP contribution in [0, 0.1) is 20.8 Å². The molecule has 4 nitrogen and oxygen atoms in total. The van der Waals surface area contributed by atoms with Crippen LogP contribution < -0.4 is 5.32 Å². The quantitative estimate of drug-likeness (QED) is 0.922. The molecule has 21 heavy (non-hydrogen) atoms. The van der Waals surface area contributed by atoms with Crippen LogP contribution in [0.5, 0.6) is 0 Å². The third kappa shape index (κ3) is 3.44. The first kappa shape index (κ1) is 16.0. The monoisotopic (exact) mass is 306 g/mol. The lowest BCUT2D eigenvalue weighted by Gasteiger charge is -2.19. The Morgan fingerprint density at radius 3 is 2.57 bits per heavy atom. The van der Waals surface area contributed by atoms with Gasteiger partial charge in [-0.2, -0.15) is 5.10 Å². The molecule has 0 aliphatic carbocycles. The molecule has 1 N–H and O–H groups in total. The Hall–Kier alpha value is -1.39. The van der Waals surface area contributed by atoms with Crippen molar-refractivity contribution in [3.8, 4) is 0 Å². The molecule has 0 amide bonds. The average Bonchev–Trinajstić information content (AvgIpc) is 2.65. The van der Waals surface area contributed by atoms with Crippen LogP contribution in [-0.4, -0.2) is 21.3 Å². The van der Waals surface area contributed by atoms with E-state index in [2.05, 4.69) is 42.2 Å². The summed E-state index contributed by atoms with van der Waals surface area (Å²) in [5.41, 5.74) is 5.55. The smallest absolute Gasteiger partial charge is 0.130 e. The molecule has 0 aliphatic rings. The SMILES string of the molecule is CCNC(Cc1c(C)nn(C)c1Cl)c1ncc(C)cc1C. The van der Waals surface area contributed by atoms with Gasteiger partial charge in [-0.1, -0.05) is 24.6 Å². The molecule has 0 saturated carbocycles. The number of aryl methyl sites for hydroxylation is 4. The van der Waals surface area contributed by atoms with Gasteiger partial charge in [0.1, 0.15) is 5.15 Å². The summed E-state index contributed by atoms with van der Waals surface area (Å²) in [5, 5.41) is 8.61. The second-order valence-corrected chi connectivity index (χ2v) is 5.87. The molecule has 2 aromatic heterocycles. The van der Waals surface area contributed by atoms with Crippen LogP contribution >= 0.6 is 11.6 Å². The number of nitrogens with one attached hydrogen (secondary N) is 1. The molecule has 1 unspecified atom stereocenters. The lowest BCUT2D eigenvalue weighted by Crippen LogP contribution is -2.25. The van der Waals surface area contributed by atoms with Crippen LogP contribution in [-0.2, 0) is 13.5 Å². The summed E-state index contributed by atoms with van der Waals surface area (Å²) in [7, 11) is 1.87. The van der Waals surface area contributed by atoms with Crippen molar-refractivity contribution in [2.75, 3.05) is 6.54 Å². The van der Waals surface area contributed by atoms with E-state index < -0.39 is 0 Å². The summed E-state index contributed by atoms with van der Waals surface area (Å²) in [5.74, 6) is 0. The topological polar surface area (TPSA) is 42.7 Å². The van der Waals surface area contributed by atoms with Gasteiger partial charge in [0.2, 0.25) is 0 Å². The highest BCUT2D eigenvalue weighted by Gasteiger charge is 2.20. The number of likely N-dealkylation sites (N-methyl/N-ethyl adjacent to an activating group) is 1. The van der Waals surface area contributed by atoms with Crippen molar-refractivity contribution in [1.82, 2.24) is 20.1 Å². The van der Waals surface area contributed by atoms with Gasteiger partial charge in [0.15, 0.2) is 0 Å². The maximum atomic E-state index is 6.36. The second kappa shape index (κ2) is 6.58. The fourth-order valence-electron chi connectivity index (χ4n) is 2.71. The van der Waals surface area contributed by atoms with E-state index in [1.165, 1.54) is 11.1 Å². The zero-order valence-electron chi connectivity index (χ0n) is 13.4. The summed E-state index contributed by atoms with van der Waals surface area (Å²) in [6.07, 6.45) is 2.72. The Kier molecular flexibility index (Phi) is 5.01. The van der Waals surface area contributed by atoms with Crippen molar-refractivity contribution < 1.29 is 0 Å². The number of aromatic nitrogens is 3. The predicted molar refractivity (Wildman–Crippen MR) is 86.8 cm³/mol. The Morgan fingerprint density at radius 2 is 2.05 bits per heavy atom. The van der Waals surface area contributed by atoms with E-state index in [0.717, 1.165) is 29.9 Å². The van der Waals surface area contributed by atoms with E-state index in [0.29, 0.717) is 5.15 Å². The Morgan fingerprint density at radius 1 is 1.33 bits per heavy atom. The molecule has 5 heteroatoms. The number of pyridine rings is 1. The van der Waals surface area contributed by atoms with E-state index in [9.17, 15) is 0 Å². The largest absolute Gasteiger partial charge is 0.309 e. The minimum absolute atomic E-state index is 0.149. The van der Waals surface area contributed by atoms with Gasteiger partial charge in [0, 0.05) is 18.8 Å². The third-order valence-electron chi connectivity index (χ3n) is 3.71. The maximum Gasteiger partial charge on any atom is 0.130 e. The Labute approximate surface area is 131 Å². The van der Waals surface area contributed by atoms with E-state index in [4.69, 9.17) is 11.6 Å². The molecule has 114 valence electrons. The van der Waals surface area contributed by atoms with Gasteiger partial charge in [-0.3, -0.25) is 9.67 Å². The van der Waals surface area contributed by atoms with Crippen molar-refractivity contribution in [2.24, 2.45) is 7.05 Å². The summed E-state index contributed by atoms with van der Waals surface area (Å²) in [6.45, 7) is 9.16. The Bertz CT molecular complexity index is 633. The second-order valence-electron chi connectivity index (χ2n) is 5.51. The van der Waals surface area contributed by atoms with Crippen molar-refractivity contribution in [1.29, 1.82) is 0 Å². The van der Waals surface area contributed by atoms with Crippen molar-refractivity contribution in [2.45, 2.75) is 40.2 Å². The maximum absolute atomic E-state index is 6.36. The molecular weight excluding hydrogens is 284 g/mol. The van der Waals surface area contributed by atoms with Crippen LogP contribution in [0.25, 0.3) is 0 Å². The van der Waals surface area contributed by atoms with Crippen LogP contribution in [0.15, 0.2) is 12.3 Å². The summed E-state index contributed by atoms with van der Waals surface area (Å²) in [6, 6.07) is 2.32. The molecular formula is C16H23ClN4. The Balaban J connectivity index is 2.35. The van der Waals surface area contributed by atoms with Crippen LogP contribution in [0.4, 0.5) is 0 Å². The zero-order valence-corrected chi connectivity index (χ0v) is 14.1. The highest BCUT2D eigenvalue weighted by molar-refractivity contribution is 6.30. The molecule has 0 fully saturated rings. The number of halogens is 1. The first-order valence-electron chi connectivity index (χ1n) is 7.28. The van der Waals surface area contributed by atoms with Crippen LogP contribution in [0.2, 0.25) is 5.15 Å².